The Labute approximate surface area is 140 Å². The maximum absolute atomic E-state index is 13.0. The zero-order valence-electron chi connectivity index (χ0n) is 13.6. The summed E-state index contributed by atoms with van der Waals surface area (Å²) in [6.45, 7) is 0. The summed E-state index contributed by atoms with van der Waals surface area (Å²) >= 11 is 0. The Hall–Kier alpha value is -2.69. The van der Waals surface area contributed by atoms with Crippen molar-refractivity contribution in [3.05, 3.63) is 65.5 Å². The van der Waals surface area contributed by atoms with Gasteiger partial charge >= 0.3 is 0 Å². The molecule has 2 unspecified atom stereocenters. The van der Waals surface area contributed by atoms with Gasteiger partial charge in [0.25, 0.3) is 5.91 Å². The van der Waals surface area contributed by atoms with Crippen molar-refractivity contribution >= 4 is 17.5 Å². The van der Waals surface area contributed by atoms with E-state index < -0.39 is 0 Å². The van der Waals surface area contributed by atoms with E-state index in [9.17, 15) is 14.0 Å². The number of amides is 2. The summed E-state index contributed by atoms with van der Waals surface area (Å²) in [7, 11) is 3.37. The molecule has 0 radical (unpaired) electrons. The predicted molar refractivity (Wildman–Crippen MR) is 90.3 cm³/mol. The lowest BCUT2D eigenvalue weighted by molar-refractivity contribution is -0.117. The standard InChI is InChI=1S/C19H19FN2O2/c1-22(2)19(24)13-4-3-5-15(10-13)21-18(23)17-11-16(17)12-6-8-14(20)9-7-12/h3-10,16-17H,11H2,1-2H3,(H,21,23). The third-order valence-electron chi connectivity index (χ3n) is 4.21. The van der Waals surface area contributed by atoms with Gasteiger partial charge in [-0.05, 0) is 48.2 Å². The fraction of sp³-hybridized carbons (Fsp3) is 0.263. The van der Waals surface area contributed by atoms with E-state index in [4.69, 9.17) is 0 Å². The molecule has 4 nitrogen and oxygen atoms in total. The van der Waals surface area contributed by atoms with Crippen molar-refractivity contribution in [1.82, 2.24) is 4.90 Å². The van der Waals surface area contributed by atoms with Gasteiger partial charge in [0.15, 0.2) is 0 Å². The van der Waals surface area contributed by atoms with E-state index in [0.29, 0.717) is 11.3 Å². The maximum Gasteiger partial charge on any atom is 0.253 e. The number of nitrogens with zero attached hydrogens (tertiary/aromatic N) is 1. The van der Waals surface area contributed by atoms with Crippen molar-refractivity contribution in [1.29, 1.82) is 0 Å². The van der Waals surface area contributed by atoms with Gasteiger partial charge in [-0.2, -0.15) is 0 Å². The summed E-state index contributed by atoms with van der Waals surface area (Å²) in [5.74, 6) is -0.427. The second-order valence-corrected chi connectivity index (χ2v) is 6.27. The summed E-state index contributed by atoms with van der Waals surface area (Å²) in [5, 5.41) is 2.87. The zero-order chi connectivity index (χ0) is 17.3. The molecule has 1 fully saturated rings. The third kappa shape index (κ3) is 3.45. The molecule has 5 heteroatoms. The van der Waals surface area contributed by atoms with Crippen LogP contribution in [0.25, 0.3) is 0 Å². The number of hydrogen-bond acceptors (Lipinski definition) is 2. The lowest BCUT2D eigenvalue weighted by Crippen LogP contribution is -2.22. The minimum atomic E-state index is -0.275. The van der Waals surface area contributed by atoms with Crippen LogP contribution in [0, 0.1) is 11.7 Å². The average Bonchev–Trinajstić information content (AvgIpc) is 3.35. The van der Waals surface area contributed by atoms with Crippen LogP contribution in [0.15, 0.2) is 48.5 Å². The van der Waals surface area contributed by atoms with E-state index in [1.807, 2.05) is 0 Å². The van der Waals surface area contributed by atoms with Gasteiger partial charge in [0.2, 0.25) is 5.91 Å². The second-order valence-electron chi connectivity index (χ2n) is 6.27. The number of hydrogen-bond donors (Lipinski definition) is 1. The Kier molecular flexibility index (Phi) is 4.34. The monoisotopic (exact) mass is 326 g/mol. The highest BCUT2D eigenvalue weighted by Gasteiger charge is 2.43. The second kappa shape index (κ2) is 6.43. The quantitative estimate of drug-likeness (QED) is 0.937. The highest BCUT2D eigenvalue weighted by atomic mass is 19.1. The molecule has 124 valence electrons. The lowest BCUT2D eigenvalue weighted by atomic mass is 10.1. The van der Waals surface area contributed by atoms with Crippen LogP contribution in [0.3, 0.4) is 0 Å². The molecule has 1 aliphatic rings. The Morgan fingerprint density at radius 1 is 1.12 bits per heavy atom. The number of nitrogens with one attached hydrogen (secondary N) is 1. The number of rotatable bonds is 4. The minimum Gasteiger partial charge on any atom is -0.345 e. The molecular weight excluding hydrogens is 307 g/mol. The van der Waals surface area contributed by atoms with Crippen LogP contribution in [0.1, 0.15) is 28.3 Å². The molecule has 3 rings (SSSR count). The first-order valence-corrected chi connectivity index (χ1v) is 7.84. The van der Waals surface area contributed by atoms with E-state index in [1.54, 1.807) is 50.5 Å². The predicted octanol–water partition coefficient (Wildman–Crippen LogP) is 3.27. The molecule has 2 atom stereocenters. The van der Waals surface area contributed by atoms with Crippen LogP contribution in [0.4, 0.5) is 10.1 Å². The number of carbonyl (C=O) groups is 2. The van der Waals surface area contributed by atoms with Crippen LogP contribution in [-0.4, -0.2) is 30.8 Å². The molecule has 0 saturated heterocycles. The fourth-order valence-corrected chi connectivity index (χ4v) is 2.79. The number of halogens is 1. The molecule has 0 heterocycles. The van der Waals surface area contributed by atoms with E-state index in [-0.39, 0.29) is 29.5 Å². The Bertz CT molecular complexity index is 771. The number of benzene rings is 2. The molecule has 2 aromatic rings. The van der Waals surface area contributed by atoms with Crippen molar-refractivity contribution in [2.45, 2.75) is 12.3 Å². The third-order valence-corrected chi connectivity index (χ3v) is 4.21. The molecule has 0 aromatic heterocycles. The van der Waals surface area contributed by atoms with Gasteiger partial charge in [0.1, 0.15) is 5.82 Å². The van der Waals surface area contributed by atoms with Gasteiger partial charge in [-0.15, -0.1) is 0 Å². The Balaban J connectivity index is 1.65. The highest BCUT2D eigenvalue weighted by molar-refractivity contribution is 5.98. The van der Waals surface area contributed by atoms with Gasteiger partial charge in [0, 0.05) is 31.3 Å². The van der Waals surface area contributed by atoms with E-state index >= 15 is 0 Å². The highest BCUT2D eigenvalue weighted by Crippen LogP contribution is 2.48. The molecule has 2 aromatic carbocycles. The SMILES string of the molecule is CN(C)C(=O)c1cccc(NC(=O)C2CC2c2ccc(F)cc2)c1. The normalized spacial score (nSPS) is 18.8. The molecule has 1 aliphatic carbocycles. The summed E-state index contributed by atoms with van der Waals surface area (Å²) in [6, 6.07) is 13.2. The summed E-state index contributed by atoms with van der Waals surface area (Å²) in [5.41, 5.74) is 2.12. The van der Waals surface area contributed by atoms with Gasteiger partial charge in [0.05, 0.1) is 0 Å². The fourth-order valence-electron chi connectivity index (χ4n) is 2.79. The lowest BCUT2D eigenvalue weighted by Gasteiger charge is -2.11. The first-order valence-electron chi connectivity index (χ1n) is 7.84. The van der Waals surface area contributed by atoms with Gasteiger partial charge < -0.3 is 10.2 Å². The van der Waals surface area contributed by atoms with Gasteiger partial charge in [-0.1, -0.05) is 18.2 Å². The molecule has 1 saturated carbocycles. The molecule has 0 spiro atoms. The number of carbonyl (C=O) groups excluding carboxylic acids is 2. The van der Waals surface area contributed by atoms with Crippen molar-refractivity contribution in [3.63, 3.8) is 0 Å². The maximum atomic E-state index is 13.0. The Morgan fingerprint density at radius 2 is 1.83 bits per heavy atom. The smallest absolute Gasteiger partial charge is 0.253 e. The topological polar surface area (TPSA) is 49.4 Å². The molecule has 0 aliphatic heterocycles. The first-order chi connectivity index (χ1) is 11.5. The van der Waals surface area contributed by atoms with Crippen molar-refractivity contribution < 1.29 is 14.0 Å². The number of anilines is 1. The average molecular weight is 326 g/mol. The molecule has 1 N–H and O–H groups in total. The van der Waals surface area contributed by atoms with Crippen molar-refractivity contribution in [2.75, 3.05) is 19.4 Å². The largest absolute Gasteiger partial charge is 0.345 e. The van der Waals surface area contributed by atoms with Crippen LogP contribution in [0.2, 0.25) is 0 Å². The zero-order valence-corrected chi connectivity index (χ0v) is 13.6. The van der Waals surface area contributed by atoms with Gasteiger partial charge in [-0.25, -0.2) is 4.39 Å². The van der Waals surface area contributed by atoms with E-state index in [2.05, 4.69) is 5.32 Å². The van der Waals surface area contributed by atoms with Crippen LogP contribution < -0.4 is 5.32 Å². The van der Waals surface area contributed by atoms with Crippen LogP contribution >= 0.6 is 0 Å². The molecule has 0 bridgehead atoms. The molecular formula is C19H19FN2O2. The molecule has 2 amide bonds. The summed E-state index contributed by atoms with van der Waals surface area (Å²) in [6.07, 6.45) is 0.758. The van der Waals surface area contributed by atoms with Crippen LogP contribution in [-0.2, 0) is 4.79 Å². The van der Waals surface area contributed by atoms with Crippen molar-refractivity contribution in [3.8, 4) is 0 Å². The van der Waals surface area contributed by atoms with Crippen molar-refractivity contribution in [2.24, 2.45) is 5.92 Å². The minimum absolute atomic E-state index is 0.0706. The van der Waals surface area contributed by atoms with Gasteiger partial charge in [-0.3, -0.25) is 9.59 Å². The van der Waals surface area contributed by atoms with E-state index in [1.165, 1.54) is 17.0 Å². The summed E-state index contributed by atoms with van der Waals surface area (Å²) < 4.78 is 13.0. The molecule has 24 heavy (non-hydrogen) atoms. The first kappa shape index (κ1) is 16.2. The Morgan fingerprint density at radius 3 is 2.50 bits per heavy atom. The van der Waals surface area contributed by atoms with E-state index in [0.717, 1.165) is 12.0 Å². The van der Waals surface area contributed by atoms with Crippen LogP contribution in [0.5, 0.6) is 0 Å². The summed E-state index contributed by atoms with van der Waals surface area (Å²) in [4.78, 5) is 25.8.